The van der Waals surface area contributed by atoms with Gasteiger partial charge >= 0.3 is 0 Å². The second kappa shape index (κ2) is 6.58. The minimum Gasteiger partial charge on any atom is -0.394 e. The lowest BCUT2D eigenvalue weighted by Gasteiger charge is -2.36. The Bertz CT molecular complexity index is 623. The van der Waals surface area contributed by atoms with E-state index >= 15 is 0 Å². The van der Waals surface area contributed by atoms with Gasteiger partial charge in [-0.2, -0.15) is 5.10 Å². The van der Waals surface area contributed by atoms with Gasteiger partial charge in [-0.3, -0.25) is 4.90 Å². The van der Waals surface area contributed by atoms with Crippen LogP contribution in [0.15, 0.2) is 30.6 Å². The summed E-state index contributed by atoms with van der Waals surface area (Å²) in [4.78, 5) is 6.73. The van der Waals surface area contributed by atoms with Crippen LogP contribution in [0, 0.1) is 5.92 Å². The Morgan fingerprint density at radius 1 is 1.32 bits per heavy atom. The number of nitrogens with zero attached hydrogens (tertiary/aromatic N) is 4. The summed E-state index contributed by atoms with van der Waals surface area (Å²) >= 11 is 0. The Hall–Kier alpha value is -1.72. The van der Waals surface area contributed by atoms with Crippen molar-refractivity contribution in [3.05, 3.63) is 47.5 Å². The van der Waals surface area contributed by atoms with Gasteiger partial charge in [-0.15, -0.1) is 0 Å². The van der Waals surface area contributed by atoms with E-state index in [0.717, 1.165) is 31.9 Å². The molecule has 0 spiro atoms. The van der Waals surface area contributed by atoms with Crippen LogP contribution in [0.5, 0.6) is 0 Å². The molecule has 1 aliphatic heterocycles. The summed E-state index contributed by atoms with van der Waals surface area (Å²) in [5.41, 5.74) is 2.59. The number of hydrogen-bond acceptors (Lipinski definition) is 4. The first-order chi connectivity index (χ1) is 10.7. The Labute approximate surface area is 131 Å². The maximum atomic E-state index is 9.87. The lowest BCUT2D eigenvalue weighted by molar-refractivity contribution is 0.104. The molecule has 3 rings (SSSR count). The number of benzene rings is 1. The fourth-order valence-electron chi connectivity index (χ4n) is 3.20. The van der Waals surface area contributed by atoms with E-state index in [4.69, 9.17) is 0 Å². The normalized spacial score (nSPS) is 18.6. The van der Waals surface area contributed by atoms with Gasteiger partial charge in [0.25, 0.3) is 0 Å². The molecule has 0 fully saturated rings. The first kappa shape index (κ1) is 15.2. The molecule has 2 heterocycles. The van der Waals surface area contributed by atoms with Crippen molar-refractivity contribution in [2.45, 2.75) is 39.4 Å². The predicted molar refractivity (Wildman–Crippen MR) is 85.2 cm³/mol. The molecule has 0 saturated carbocycles. The Morgan fingerprint density at radius 3 is 2.91 bits per heavy atom. The highest BCUT2D eigenvalue weighted by molar-refractivity contribution is 5.32. The van der Waals surface area contributed by atoms with Crippen LogP contribution in [-0.4, -0.2) is 37.9 Å². The topological polar surface area (TPSA) is 54.2 Å². The van der Waals surface area contributed by atoms with Crippen LogP contribution in [0.4, 0.5) is 0 Å². The van der Waals surface area contributed by atoms with Gasteiger partial charge < -0.3 is 5.11 Å². The van der Waals surface area contributed by atoms with Gasteiger partial charge in [0.15, 0.2) is 0 Å². The van der Waals surface area contributed by atoms with E-state index in [0.29, 0.717) is 5.92 Å². The molecule has 118 valence electrons. The molecule has 0 saturated heterocycles. The third-order valence-electron chi connectivity index (χ3n) is 4.27. The quantitative estimate of drug-likeness (QED) is 0.918. The smallest absolute Gasteiger partial charge is 0.141 e. The first-order valence-electron chi connectivity index (χ1n) is 7.98. The number of fused-ring (bicyclic) bond motifs is 1. The van der Waals surface area contributed by atoms with Gasteiger partial charge in [0.2, 0.25) is 0 Å². The third-order valence-corrected chi connectivity index (χ3v) is 4.27. The lowest BCUT2D eigenvalue weighted by atomic mass is 9.93. The van der Waals surface area contributed by atoms with Crippen molar-refractivity contribution in [1.29, 1.82) is 0 Å². The highest BCUT2D eigenvalue weighted by Gasteiger charge is 2.27. The largest absolute Gasteiger partial charge is 0.394 e. The van der Waals surface area contributed by atoms with E-state index in [1.807, 2.05) is 10.7 Å². The highest BCUT2D eigenvalue weighted by Crippen LogP contribution is 2.30. The maximum Gasteiger partial charge on any atom is 0.141 e. The van der Waals surface area contributed by atoms with Gasteiger partial charge in [-0.05, 0) is 23.5 Å². The number of aliphatic hydroxyl groups is 1. The molecule has 1 aliphatic rings. The van der Waals surface area contributed by atoms with Crippen LogP contribution < -0.4 is 0 Å². The summed E-state index contributed by atoms with van der Waals surface area (Å²) in [5, 5.41) is 14.2. The monoisotopic (exact) mass is 300 g/mol. The fourth-order valence-corrected chi connectivity index (χ4v) is 3.20. The molecule has 1 unspecified atom stereocenters. The van der Waals surface area contributed by atoms with Crippen molar-refractivity contribution in [2.24, 2.45) is 5.92 Å². The average Bonchev–Trinajstić information content (AvgIpc) is 2.93. The van der Waals surface area contributed by atoms with Crippen molar-refractivity contribution < 1.29 is 5.11 Å². The van der Waals surface area contributed by atoms with Crippen molar-refractivity contribution in [3.8, 4) is 0 Å². The number of aromatic nitrogens is 3. The van der Waals surface area contributed by atoms with E-state index < -0.39 is 0 Å². The molecule has 5 nitrogen and oxygen atoms in total. The zero-order valence-corrected chi connectivity index (χ0v) is 13.3. The van der Waals surface area contributed by atoms with Gasteiger partial charge in [-0.25, -0.2) is 9.67 Å². The minimum absolute atomic E-state index is 0.0501. The number of aliphatic hydroxyl groups excluding tert-OH is 1. The minimum atomic E-state index is 0.0501. The SMILES string of the molecule is CC(C)Cn1ncnc1CN1CCc2ccccc2C1CO. The summed E-state index contributed by atoms with van der Waals surface area (Å²) in [6, 6.07) is 8.46. The van der Waals surface area contributed by atoms with Crippen LogP contribution >= 0.6 is 0 Å². The highest BCUT2D eigenvalue weighted by atomic mass is 16.3. The molecule has 0 amide bonds. The Balaban J connectivity index is 1.80. The van der Waals surface area contributed by atoms with Gasteiger partial charge in [0, 0.05) is 13.1 Å². The lowest BCUT2D eigenvalue weighted by Crippen LogP contribution is -2.37. The molecule has 22 heavy (non-hydrogen) atoms. The molecule has 0 radical (unpaired) electrons. The van der Waals surface area contributed by atoms with Crippen molar-refractivity contribution in [2.75, 3.05) is 13.2 Å². The Kier molecular flexibility index (Phi) is 4.55. The van der Waals surface area contributed by atoms with E-state index in [2.05, 4.69) is 47.0 Å². The van der Waals surface area contributed by atoms with Gasteiger partial charge in [0.1, 0.15) is 12.2 Å². The standard InChI is InChI=1S/C17H24N4O/c1-13(2)9-21-17(18-12-19-21)10-20-8-7-14-5-3-4-6-15(14)16(20)11-22/h3-6,12-13,16,22H,7-11H2,1-2H3. The fraction of sp³-hybridized carbons (Fsp3) is 0.529. The van der Waals surface area contributed by atoms with Crippen LogP contribution in [0.25, 0.3) is 0 Å². The number of rotatable bonds is 5. The van der Waals surface area contributed by atoms with Crippen LogP contribution in [0.3, 0.4) is 0 Å². The maximum absolute atomic E-state index is 9.87. The van der Waals surface area contributed by atoms with E-state index in [-0.39, 0.29) is 12.6 Å². The summed E-state index contributed by atoms with van der Waals surface area (Å²) in [6.45, 7) is 7.04. The van der Waals surface area contributed by atoms with E-state index in [1.54, 1.807) is 6.33 Å². The van der Waals surface area contributed by atoms with Crippen LogP contribution in [0.2, 0.25) is 0 Å². The molecule has 1 aromatic heterocycles. The molecular formula is C17H24N4O. The third kappa shape index (κ3) is 3.05. The Morgan fingerprint density at radius 2 is 2.14 bits per heavy atom. The van der Waals surface area contributed by atoms with Crippen LogP contribution in [0.1, 0.15) is 36.8 Å². The van der Waals surface area contributed by atoms with Crippen molar-refractivity contribution >= 4 is 0 Å². The van der Waals surface area contributed by atoms with E-state index in [9.17, 15) is 5.11 Å². The molecular weight excluding hydrogens is 276 g/mol. The summed E-state index contributed by atoms with van der Waals surface area (Å²) in [7, 11) is 0. The second-order valence-corrected chi connectivity index (χ2v) is 6.37. The van der Waals surface area contributed by atoms with Crippen molar-refractivity contribution in [1.82, 2.24) is 19.7 Å². The zero-order chi connectivity index (χ0) is 15.5. The van der Waals surface area contributed by atoms with Gasteiger partial charge in [-0.1, -0.05) is 38.1 Å². The molecule has 1 N–H and O–H groups in total. The zero-order valence-electron chi connectivity index (χ0n) is 13.3. The predicted octanol–water partition coefficient (Wildman–Crippen LogP) is 2.03. The van der Waals surface area contributed by atoms with E-state index in [1.165, 1.54) is 11.1 Å². The van der Waals surface area contributed by atoms with Gasteiger partial charge in [0.05, 0.1) is 19.2 Å². The molecule has 0 bridgehead atoms. The molecule has 1 aromatic carbocycles. The summed E-state index contributed by atoms with van der Waals surface area (Å²) < 4.78 is 1.99. The second-order valence-electron chi connectivity index (χ2n) is 6.37. The average molecular weight is 300 g/mol. The molecule has 2 aromatic rings. The molecule has 1 atom stereocenters. The number of hydrogen-bond donors (Lipinski definition) is 1. The first-order valence-corrected chi connectivity index (χ1v) is 7.98. The van der Waals surface area contributed by atoms with Crippen molar-refractivity contribution in [3.63, 3.8) is 0 Å². The molecule has 0 aliphatic carbocycles. The summed E-state index contributed by atoms with van der Waals surface area (Å²) in [6.07, 6.45) is 2.65. The van der Waals surface area contributed by atoms with Crippen LogP contribution in [-0.2, 0) is 19.5 Å². The summed E-state index contributed by atoms with van der Waals surface area (Å²) in [5.74, 6) is 1.52. The molecule has 5 heteroatoms.